The number of nitrogens with two attached hydrogens (primary N) is 1. The molecule has 0 spiro atoms. The first-order valence-corrected chi connectivity index (χ1v) is 5.68. The van der Waals surface area contributed by atoms with Crippen molar-refractivity contribution in [1.82, 2.24) is 20.1 Å². The summed E-state index contributed by atoms with van der Waals surface area (Å²) in [5.74, 6) is 1.36. The Morgan fingerprint density at radius 2 is 1.82 bits per heavy atom. The molecule has 2 aromatic heterocycles. The Labute approximate surface area is 98.3 Å². The van der Waals surface area contributed by atoms with E-state index in [4.69, 9.17) is 10.3 Å². The van der Waals surface area contributed by atoms with Crippen molar-refractivity contribution in [2.24, 2.45) is 5.73 Å². The fourth-order valence-electron chi connectivity index (χ4n) is 2.15. The monoisotopic (exact) mass is 231 g/mol. The van der Waals surface area contributed by atoms with Crippen molar-refractivity contribution in [2.75, 3.05) is 0 Å². The lowest BCUT2D eigenvalue weighted by Crippen LogP contribution is -2.33. The average molecular weight is 231 g/mol. The van der Waals surface area contributed by atoms with Gasteiger partial charge < -0.3 is 10.3 Å². The van der Waals surface area contributed by atoms with Gasteiger partial charge in [0.05, 0.1) is 5.54 Å². The zero-order chi connectivity index (χ0) is 11.7. The highest BCUT2D eigenvalue weighted by Crippen LogP contribution is 2.35. The summed E-state index contributed by atoms with van der Waals surface area (Å²) in [7, 11) is 0. The third kappa shape index (κ3) is 1.80. The van der Waals surface area contributed by atoms with Crippen LogP contribution in [0.2, 0.25) is 0 Å². The molecule has 3 rings (SSSR count). The molecule has 1 saturated carbocycles. The molecule has 1 aliphatic rings. The van der Waals surface area contributed by atoms with Gasteiger partial charge in [0.1, 0.15) is 0 Å². The highest BCUT2D eigenvalue weighted by molar-refractivity contribution is 5.40. The van der Waals surface area contributed by atoms with E-state index in [1.807, 2.05) is 0 Å². The first-order valence-electron chi connectivity index (χ1n) is 5.68. The molecule has 0 atom stereocenters. The summed E-state index contributed by atoms with van der Waals surface area (Å²) in [5, 5.41) is 3.89. The van der Waals surface area contributed by atoms with Crippen LogP contribution < -0.4 is 5.73 Å². The first-order chi connectivity index (χ1) is 8.28. The molecule has 2 heterocycles. The summed E-state index contributed by atoms with van der Waals surface area (Å²) in [6, 6.07) is 1.74. The molecular formula is C11H13N5O. The van der Waals surface area contributed by atoms with Crippen molar-refractivity contribution >= 4 is 0 Å². The predicted octanol–water partition coefficient (Wildman–Crippen LogP) is 1.25. The zero-order valence-corrected chi connectivity index (χ0v) is 9.33. The molecule has 1 fully saturated rings. The van der Waals surface area contributed by atoms with Crippen LogP contribution >= 0.6 is 0 Å². The fraction of sp³-hybridized carbons (Fsp3) is 0.455. The fourth-order valence-corrected chi connectivity index (χ4v) is 2.15. The highest BCUT2D eigenvalue weighted by atomic mass is 16.5. The number of rotatable bonds is 2. The third-order valence-electron chi connectivity index (χ3n) is 3.11. The van der Waals surface area contributed by atoms with Crippen LogP contribution in [0.15, 0.2) is 23.0 Å². The lowest BCUT2D eigenvalue weighted by molar-refractivity contribution is 0.285. The minimum atomic E-state index is -0.458. The summed E-state index contributed by atoms with van der Waals surface area (Å²) in [6.07, 6.45) is 7.29. The van der Waals surface area contributed by atoms with Gasteiger partial charge in [0, 0.05) is 12.4 Å². The molecule has 0 saturated heterocycles. The summed E-state index contributed by atoms with van der Waals surface area (Å²) in [5.41, 5.74) is 5.78. The maximum atomic E-state index is 6.23. The Balaban J connectivity index is 1.93. The molecule has 6 heteroatoms. The van der Waals surface area contributed by atoms with Gasteiger partial charge in [-0.05, 0) is 18.9 Å². The van der Waals surface area contributed by atoms with E-state index in [1.54, 1.807) is 18.5 Å². The van der Waals surface area contributed by atoms with E-state index in [0.29, 0.717) is 17.5 Å². The second-order valence-corrected chi connectivity index (χ2v) is 4.36. The maximum Gasteiger partial charge on any atom is 0.247 e. The lowest BCUT2D eigenvalue weighted by Gasteiger charge is -2.16. The van der Waals surface area contributed by atoms with E-state index >= 15 is 0 Å². The summed E-state index contributed by atoms with van der Waals surface area (Å²) in [4.78, 5) is 12.5. The van der Waals surface area contributed by atoms with Gasteiger partial charge in [0.15, 0.2) is 0 Å². The smallest absolute Gasteiger partial charge is 0.247 e. The molecule has 2 aromatic rings. The van der Waals surface area contributed by atoms with Crippen molar-refractivity contribution in [2.45, 2.75) is 31.2 Å². The Bertz CT molecular complexity index is 504. The minimum Gasteiger partial charge on any atom is -0.337 e. The summed E-state index contributed by atoms with van der Waals surface area (Å²) >= 11 is 0. The third-order valence-corrected chi connectivity index (χ3v) is 3.11. The summed E-state index contributed by atoms with van der Waals surface area (Å²) in [6.45, 7) is 0. The quantitative estimate of drug-likeness (QED) is 0.836. The standard InChI is InChI=1S/C11H13N5O/c12-11(4-1-2-5-11)10-15-9(16-17-10)8-13-6-3-7-14-8/h3,6-7H,1-2,4-5,12H2. The Morgan fingerprint density at radius 1 is 1.12 bits per heavy atom. The van der Waals surface area contributed by atoms with Gasteiger partial charge in [-0.3, -0.25) is 0 Å². The lowest BCUT2D eigenvalue weighted by atomic mass is 9.99. The molecular weight excluding hydrogens is 218 g/mol. The van der Waals surface area contributed by atoms with Crippen LogP contribution in [0.3, 0.4) is 0 Å². The normalized spacial score (nSPS) is 18.4. The van der Waals surface area contributed by atoms with Crippen molar-refractivity contribution < 1.29 is 4.52 Å². The molecule has 88 valence electrons. The van der Waals surface area contributed by atoms with Crippen LogP contribution in [0, 0.1) is 0 Å². The van der Waals surface area contributed by atoms with Crippen LogP contribution in [-0.2, 0) is 5.54 Å². The van der Waals surface area contributed by atoms with Crippen LogP contribution in [0.4, 0.5) is 0 Å². The second kappa shape index (κ2) is 3.89. The Hall–Kier alpha value is -1.82. The van der Waals surface area contributed by atoms with E-state index < -0.39 is 5.54 Å². The molecule has 1 aliphatic carbocycles. The van der Waals surface area contributed by atoms with Crippen LogP contribution in [0.25, 0.3) is 11.6 Å². The van der Waals surface area contributed by atoms with E-state index in [-0.39, 0.29) is 0 Å². The highest BCUT2D eigenvalue weighted by Gasteiger charge is 2.37. The van der Waals surface area contributed by atoms with E-state index in [2.05, 4.69) is 20.1 Å². The van der Waals surface area contributed by atoms with Gasteiger partial charge in [-0.2, -0.15) is 4.98 Å². The summed E-state index contributed by atoms with van der Waals surface area (Å²) < 4.78 is 5.24. The molecule has 6 nitrogen and oxygen atoms in total. The van der Waals surface area contributed by atoms with E-state index in [9.17, 15) is 0 Å². The Kier molecular flexibility index (Phi) is 2.36. The maximum absolute atomic E-state index is 6.23. The van der Waals surface area contributed by atoms with Crippen molar-refractivity contribution in [3.63, 3.8) is 0 Å². The van der Waals surface area contributed by atoms with Crippen molar-refractivity contribution in [3.05, 3.63) is 24.4 Å². The molecule has 2 N–H and O–H groups in total. The first kappa shape index (κ1) is 10.3. The van der Waals surface area contributed by atoms with Gasteiger partial charge in [-0.1, -0.05) is 18.0 Å². The van der Waals surface area contributed by atoms with Crippen LogP contribution in [0.5, 0.6) is 0 Å². The molecule has 0 amide bonds. The van der Waals surface area contributed by atoms with Gasteiger partial charge in [-0.15, -0.1) is 0 Å². The number of aromatic nitrogens is 4. The zero-order valence-electron chi connectivity index (χ0n) is 9.33. The molecule has 0 aromatic carbocycles. The number of nitrogens with zero attached hydrogens (tertiary/aromatic N) is 4. The van der Waals surface area contributed by atoms with Gasteiger partial charge >= 0.3 is 0 Å². The van der Waals surface area contributed by atoms with Gasteiger partial charge in [0.25, 0.3) is 0 Å². The van der Waals surface area contributed by atoms with Crippen molar-refractivity contribution in [1.29, 1.82) is 0 Å². The SMILES string of the molecule is NC1(c2nc(-c3ncccn3)no2)CCCC1. The van der Waals surface area contributed by atoms with E-state index in [0.717, 1.165) is 25.7 Å². The minimum absolute atomic E-state index is 0.400. The van der Waals surface area contributed by atoms with Crippen LogP contribution in [0.1, 0.15) is 31.6 Å². The van der Waals surface area contributed by atoms with Crippen LogP contribution in [-0.4, -0.2) is 20.1 Å². The van der Waals surface area contributed by atoms with Crippen molar-refractivity contribution in [3.8, 4) is 11.6 Å². The van der Waals surface area contributed by atoms with Gasteiger partial charge in [0.2, 0.25) is 17.5 Å². The predicted molar refractivity (Wildman–Crippen MR) is 59.7 cm³/mol. The topological polar surface area (TPSA) is 90.7 Å². The number of hydrogen-bond acceptors (Lipinski definition) is 6. The van der Waals surface area contributed by atoms with Gasteiger partial charge in [-0.25, -0.2) is 9.97 Å². The molecule has 0 radical (unpaired) electrons. The largest absolute Gasteiger partial charge is 0.337 e. The molecule has 0 unspecified atom stereocenters. The van der Waals surface area contributed by atoms with E-state index in [1.165, 1.54) is 0 Å². The second-order valence-electron chi connectivity index (χ2n) is 4.36. The molecule has 0 aliphatic heterocycles. The Morgan fingerprint density at radius 3 is 2.53 bits per heavy atom. The number of hydrogen-bond donors (Lipinski definition) is 1. The molecule has 0 bridgehead atoms. The average Bonchev–Trinajstić information content (AvgIpc) is 2.99. The molecule has 17 heavy (non-hydrogen) atoms.